The second kappa shape index (κ2) is 4.70. The van der Waals surface area contributed by atoms with Crippen molar-refractivity contribution < 1.29 is 9.50 Å². The molecule has 0 fully saturated rings. The predicted molar refractivity (Wildman–Crippen MR) is 49.7 cm³/mol. The lowest BCUT2D eigenvalue weighted by molar-refractivity contribution is 0.276. The van der Waals surface area contributed by atoms with E-state index in [9.17, 15) is 4.39 Å². The van der Waals surface area contributed by atoms with Gasteiger partial charge in [-0.2, -0.15) is 5.26 Å². The van der Waals surface area contributed by atoms with Crippen LogP contribution in [0.3, 0.4) is 0 Å². The molecule has 0 amide bonds. The molecule has 0 saturated heterocycles. The van der Waals surface area contributed by atoms with Crippen molar-refractivity contribution in [3.8, 4) is 6.07 Å². The SMILES string of the molecule is N#Cc1ccc(C(N)CCO)cc1F. The maximum absolute atomic E-state index is 13.1. The summed E-state index contributed by atoms with van der Waals surface area (Å²) in [4.78, 5) is 0. The first kappa shape index (κ1) is 10.6. The molecule has 0 spiro atoms. The normalized spacial score (nSPS) is 12.1. The predicted octanol–water partition coefficient (Wildman–Crippen LogP) is 1.08. The van der Waals surface area contributed by atoms with Gasteiger partial charge in [0.2, 0.25) is 0 Å². The Hall–Kier alpha value is -1.44. The number of nitriles is 1. The summed E-state index contributed by atoms with van der Waals surface area (Å²) in [6.45, 7) is -0.0389. The Labute approximate surface area is 81.6 Å². The molecule has 0 aliphatic heterocycles. The lowest BCUT2D eigenvalue weighted by Crippen LogP contribution is -2.12. The summed E-state index contributed by atoms with van der Waals surface area (Å²) in [5.41, 5.74) is 6.25. The molecule has 3 nitrogen and oxygen atoms in total. The van der Waals surface area contributed by atoms with Crippen LogP contribution in [0.5, 0.6) is 0 Å². The van der Waals surface area contributed by atoms with Gasteiger partial charge in [0, 0.05) is 12.6 Å². The molecule has 14 heavy (non-hydrogen) atoms. The highest BCUT2D eigenvalue weighted by Gasteiger charge is 2.08. The van der Waals surface area contributed by atoms with Crippen molar-refractivity contribution >= 4 is 0 Å². The van der Waals surface area contributed by atoms with Crippen LogP contribution >= 0.6 is 0 Å². The number of benzene rings is 1. The average Bonchev–Trinajstić information content (AvgIpc) is 2.18. The minimum absolute atomic E-state index is 0.00458. The zero-order chi connectivity index (χ0) is 10.6. The van der Waals surface area contributed by atoms with E-state index >= 15 is 0 Å². The van der Waals surface area contributed by atoms with Gasteiger partial charge in [0.1, 0.15) is 11.9 Å². The van der Waals surface area contributed by atoms with Crippen LogP contribution in [-0.4, -0.2) is 11.7 Å². The Morgan fingerprint density at radius 1 is 1.57 bits per heavy atom. The molecule has 1 rings (SSSR count). The third-order valence-corrected chi connectivity index (χ3v) is 1.98. The zero-order valence-electron chi connectivity index (χ0n) is 7.57. The number of nitrogens with two attached hydrogens (primary N) is 1. The summed E-state index contributed by atoms with van der Waals surface area (Å²) >= 11 is 0. The van der Waals surface area contributed by atoms with Crippen LogP contribution in [0.15, 0.2) is 18.2 Å². The number of rotatable bonds is 3. The first-order chi connectivity index (χ1) is 6.69. The van der Waals surface area contributed by atoms with Crippen LogP contribution in [0, 0.1) is 17.1 Å². The van der Waals surface area contributed by atoms with Crippen molar-refractivity contribution in [3.05, 3.63) is 35.1 Å². The van der Waals surface area contributed by atoms with Gasteiger partial charge in [0.15, 0.2) is 0 Å². The molecule has 4 heteroatoms. The second-order valence-corrected chi connectivity index (χ2v) is 2.97. The van der Waals surface area contributed by atoms with Crippen molar-refractivity contribution in [2.75, 3.05) is 6.61 Å². The van der Waals surface area contributed by atoms with Crippen LogP contribution in [-0.2, 0) is 0 Å². The van der Waals surface area contributed by atoms with Crippen LogP contribution in [0.1, 0.15) is 23.6 Å². The molecule has 1 atom stereocenters. The van der Waals surface area contributed by atoms with Gasteiger partial charge in [-0.05, 0) is 24.1 Å². The van der Waals surface area contributed by atoms with Crippen molar-refractivity contribution in [2.24, 2.45) is 5.73 Å². The Morgan fingerprint density at radius 2 is 2.29 bits per heavy atom. The van der Waals surface area contributed by atoms with Crippen molar-refractivity contribution in [1.82, 2.24) is 0 Å². The first-order valence-corrected chi connectivity index (χ1v) is 4.25. The highest BCUT2D eigenvalue weighted by Crippen LogP contribution is 2.16. The highest BCUT2D eigenvalue weighted by molar-refractivity contribution is 5.34. The molecule has 74 valence electrons. The summed E-state index contributed by atoms with van der Waals surface area (Å²) in [7, 11) is 0. The number of aliphatic hydroxyl groups is 1. The fraction of sp³-hybridized carbons (Fsp3) is 0.300. The second-order valence-electron chi connectivity index (χ2n) is 2.97. The van der Waals surface area contributed by atoms with E-state index < -0.39 is 5.82 Å². The quantitative estimate of drug-likeness (QED) is 0.756. The van der Waals surface area contributed by atoms with Gasteiger partial charge >= 0.3 is 0 Å². The third kappa shape index (κ3) is 2.28. The number of hydrogen-bond acceptors (Lipinski definition) is 3. The first-order valence-electron chi connectivity index (χ1n) is 4.25. The largest absolute Gasteiger partial charge is 0.396 e. The van der Waals surface area contributed by atoms with E-state index in [1.165, 1.54) is 12.1 Å². The molecule has 0 saturated carbocycles. The monoisotopic (exact) mass is 194 g/mol. The van der Waals surface area contributed by atoms with Gasteiger partial charge in [-0.15, -0.1) is 0 Å². The van der Waals surface area contributed by atoms with Crippen LogP contribution in [0.4, 0.5) is 4.39 Å². The fourth-order valence-corrected chi connectivity index (χ4v) is 1.16. The van der Waals surface area contributed by atoms with Gasteiger partial charge < -0.3 is 10.8 Å². The number of halogens is 1. The standard InChI is InChI=1S/C10H11FN2O/c11-9-5-7(10(13)3-4-14)1-2-8(9)6-12/h1-2,5,10,14H,3-4,13H2. The lowest BCUT2D eigenvalue weighted by Gasteiger charge is -2.10. The van der Waals surface area contributed by atoms with Crippen LogP contribution in [0.2, 0.25) is 0 Å². The number of hydrogen-bond donors (Lipinski definition) is 2. The van der Waals surface area contributed by atoms with Gasteiger partial charge in [-0.1, -0.05) is 6.07 Å². The third-order valence-electron chi connectivity index (χ3n) is 1.98. The van der Waals surface area contributed by atoms with Crippen LogP contribution < -0.4 is 5.73 Å². The topological polar surface area (TPSA) is 70.0 Å². The molecule has 0 bridgehead atoms. The van der Waals surface area contributed by atoms with E-state index in [1.807, 2.05) is 0 Å². The van der Waals surface area contributed by atoms with Gasteiger partial charge in [-0.3, -0.25) is 0 Å². The molecule has 0 aliphatic carbocycles. The van der Waals surface area contributed by atoms with Gasteiger partial charge in [0.05, 0.1) is 5.56 Å². The highest BCUT2D eigenvalue weighted by atomic mass is 19.1. The van der Waals surface area contributed by atoms with E-state index in [2.05, 4.69) is 0 Å². The minimum atomic E-state index is -0.571. The van der Waals surface area contributed by atoms with E-state index in [1.54, 1.807) is 12.1 Å². The summed E-state index contributed by atoms with van der Waals surface area (Å²) in [5, 5.41) is 17.1. The van der Waals surface area contributed by atoms with Gasteiger partial charge in [0.25, 0.3) is 0 Å². The fourth-order valence-electron chi connectivity index (χ4n) is 1.16. The van der Waals surface area contributed by atoms with E-state index in [0.717, 1.165) is 0 Å². The summed E-state index contributed by atoms with van der Waals surface area (Å²) in [5.74, 6) is -0.571. The average molecular weight is 194 g/mol. The molecule has 1 unspecified atom stereocenters. The van der Waals surface area contributed by atoms with Crippen molar-refractivity contribution in [1.29, 1.82) is 5.26 Å². The molecule has 0 aromatic heterocycles. The maximum Gasteiger partial charge on any atom is 0.141 e. The lowest BCUT2D eigenvalue weighted by atomic mass is 10.0. The van der Waals surface area contributed by atoms with Crippen molar-refractivity contribution in [3.63, 3.8) is 0 Å². The van der Waals surface area contributed by atoms with Crippen LogP contribution in [0.25, 0.3) is 0 Å². The molecule has 1 aromatic carbocycles. The summed E-state index contributed by atoms with van der Waals surface area (Å²) < 4.78 is 13.1. The number of nitrogens with zero attached hydrogens (tertiary/aromatic N) is 1. The summed E-state index contributed by atoms with van der Waals surface area (Å²) in [6.07, 6.45) is 0.380. The Morgan fingerprint density at radius 3 is 2.79 bits per heavy atom. The summed E-state index contributed by atoms with van der Waals surface area (Å²) in [6, 6.07) is 5.57. The molecule has 0 aliphatic rings. The van der Waals surface area contributed by atoms with Crippen molar-refractivity contribution in [2.45, 2.75) is 12.5 Å². The molecule has 0 heterocycles. The molecule has 0 radical (unpaired) electrons. The van der Waals surface area contributed by atoms with Gasteiger partial charge in [-0.25, -0.2) is 4.39 Å². The maximum atomic E-state index is 13.1. The molecular weight excluding hydrogens is 183 g/mol. The van der Waals surface area contributed by atoms with E-state index in [4.69, 9.17) is 16.1 Å². The zero-order valence-corrected chi connectivity index (χ0v) is 7.57. The molecule has 1 aromatic rings. The number of aliphatic hydroxyl groups excluding tert-OH is 1. The Bertz CT molecular complexity index is 360. The minimum Gasteiger partial charge on any atom is -0.396 e. The smallest absolute Gasteiger partial charge is 0.141 e. The Kier molecular flexibility index (Phi) is 3.57. The van der Waals surface area contributed by atoms with E-state index in [-0.39, 0.29) is 18.2 Å². The van der Waals surface area contributed by atoms with E-state index in [0.29, 0.717) is 12.0 Å². The Balaban J connectivity index is 2.92. The molecular formula is C10H11FN2O. The molecule has 3 N–H and O–H groups in total.